The lowest BCUT2D eigenvalue weighted by Crippen LogP contribution is -2.24. The number of hydrogen-bond acceptors (Lipinski definition) is 2. The first kappa shape index (κ1) is 14.1. The van der Waals surface area contributed by atoms with Crippen molar-refractivity contribution >= 4 is 17.7 Å². The van der Waals surface area contributed by atoms with E-state index in [4.69, 9.17) is 5.11 Å². The van der Waals surface area contributed by atoms with E-state index < -0.39 is 24.8 Å². The number of nitrogens with zero attached hydrogens (tertiary/aromatic N) is 1. The largest absolute Gasteiger partial charge is 0.478 e. The summed E-state index contributed by atoms with van der Waals surface area (Å²) in [5, 5.41) is 8.41. The molecule has 0 aromatic heterocycles. The fourth-order valence-corrected chi connectivity index (χ4v) is 1.41. The molecular weight excluding hydrogens is 247 g/mol. The predicted molar refractivity (Wildman–Crippen MR) is 62.3 cm³/mol. The van der Waals surface area contributed by atoms with Crippen molar-refractivity contribution in [3.05, 3.63) is 35.7 Å². The summed E-state index contributed by atoms with van der Waals surface area (Å²) in [4.78, 5) is 11.4. The fourth-order valence-electron chi connectivity index (χ4n) is 1.41. The quantitative estimate of drug-likeness (QED) is 0.826. The summed E-state index contributed by atoms with van der Waals surface area (Å²) in [7, 11) is 1.36. The molecule has 0 atom stereocenters. The van der Waals surface area contributed by atoms with Crippen LogP contribution < -0.4 is 4.90 Å². The summed E-state index contributed by atoms with van der Waals surface area (Å²) in [6.45, 7) is -0.568. The van der Waals surface area contributed by atoms with Gasteiger partial charge in [0.1, 0.15) is 5.82 Å². The molecule has 0 aliphatic rings. The van der Waals surface area contributed by atoms with Crippen molar-refractivity contribution in [2.24, 2.45) is 0 Å². The van der Waals surface area contributed by atoms with Crippen molar-refractivity contribution in [1.82, 2.24) is 0 Å². The van der Waals surface area contributed by atoms with Crippen molar-refractivity contribution in [1.29, 1.82) is 0 Å². The molecule has 0 unspecified atom stereocenters. The van der Waals surface area contributed by atoms with Crippen LogP contribution in [0.4, 0.5) is 18.9 Å². The van der Waals surface area contributed by atoms with Crippen LogP contribution in [0.2, 0.25) is 0 Å². The molecule has 6 heteroatoms. The molecule has 0 aliphatic heterocycles. The second-order valence-electron chi connectivity index (χ2n) is 3.65. The smallest absolute Gasteiger partial charge is 0.328 e. The van der Waals surface area contributed by atoms with E-state index in [0.29, 0.717) is 5.56 Å². The van der Waals surface area contributed by atoms with Gasteiger partial charge in [-0.25, -0.2) is 18.0 Å². The summed E-state index contributed by atoms with van der Waals surface area (Å²) in [5.41, 5.74) is 0.395. The van der Waals surface area contributed by atoms with Gasteiger partial charge < -0.3 is 10.0 Å². The van der Waals surface area contributed by atoms with E-state index >= 15 is 0 Å². The zero-order valence-corrected chi connectivity index (χ0v) is 9.61. The third-order valence-electron chi connectivity index (χ3n) is 2.21. The Balaban J connectivity index is 2.89. The highest BCUT2D eigenvalue weighted by Gasteiger charge is 2.12. The van der Waals surface area contributed by atoms with Gasteiger partial charge in [-0.2, -0.15) is 0 Å². The number of carbonyl (C=O) groups is 1. The molecule has 1 aromatic carbocycles. The average molecular weight is 259 g/mol. The topological polar surface area (TPSA) is 40.5 Å². The van der Waals surface area contributed by atoms with Gasteiger partial charge in [-0.3, -0.25) is 0 Å². The van der Waals surface area contributed by atoms with Gasteiger partial charge in [-0.1, -0.05) is 6.07 Å². The molecule has 1 rings (SSSR count). The van der Waals surface area contributed by atoms with Gasteiger partial charge in [0, 0.05) is 13.1 Å². The average Bonchev–Trinajstić information content (AvgIpc) is 2.25. The zero-order chi connectivity index (χ0) is 13.7. The van der Waals surface area contributed by atoms with Crippen LogP contribution in [0.25, 0.3) is 6.08 Å². The molecule has 1 N–H and O–H groups in total. The maximum Gasteiger partial charge on any atom is 0.328 e. The number of halogens is 3. The van der Waals surface area contributed by atoms with Crippen molar-refractivity contribution in [3.8, 4) is 0 Å². The third kappa shape index (κ3) is 4.12. The Morgan fingerprint density at radius 2 is 2.17 bits per heavy atom. The minimum Gasteiger partial charge on any atom is -0.478 e. The number of alkyl halides is 2. The van der Waals surface area contributed by atoms with Crippen LogP contribution in [-0.4, -0.2) is 31.1 Å². The van der Waals surface area contributed by atoms with Crippen LogP contribution in [0.1, 0.15) is 5.56 Å². The van der Waals surface area contributed by atoms with Gasteiger partial charge in [0.25, 0.3) is 6.43 Å². The van der Waals surface area contributed by atoms with Crippen LogP contribution in [0.15, 0.2) is 24.3 Å². The van der Waals surface area contributed by atoms with Crippen LogP contribution in [0.5, 0.6) is 0 Å². The minimum absolute atomic E-state index is 0.0442. The normalized spacial score (nSPS) is 11.2. The van der Waals surface area contributed by atoms with E-state index in [1.165, 1.54) is 25.3 Å². The first-order valence-corrected chi connectivity index (χ1v) is 5.10. The van der Waals surface area contributed by atoms with Crippen molar-refractivity contribution in [2.75, 3.05) is 18.5 Å². The van der Waals surface area contributed by atoms with E-state index in [1.807, 2.05) is 0 Å². The van der Waals surface area contributed by atoms with E-state index in [2.05, 4.69) is 0 Å². The summed E-state index contributed by atoms with van der Waals surface area (Å²) >= 11 is 0. The first-order valence-electron chi connectivity index (χ1n) is 5.10. The highest BCUT2D eigenvalue weighted by molar-refractivity contribution is 5.85. The Morgan fingerprint density at radius 3 is 2.67 bits per heavy atom. The molecule has 0 fully saturated rings. The Hall–Kier alpha value is -1.98. The van der Waals surface area contributed by atoms with Gasteiger partial charge in [0.2, 0.25) is 0 Å². The lowest BCUT2D eigenvalue weighted by atomic mass is 10.1. The van der Waals surface area contributed by atoms with Crippen LogP contribution in [-0.2, 0) is 4.79 Å². The first-order chi connectivity index (χ1) is 8.40. The number of rotatable bonds is 5. The number of hydrogen-bond donors (Lipinski definition) is 1. The zero-order valence-electron chi connectivity index (χ0n) is 9.61. The summed E-state index contributed by atoms with van der Waals surface area (Å²) < 4.78 is 37.9. The predicted octanol–water partition coefficient (Wildman–Crippen LogP) is 2.62. The van der Waals surface area contributed by atoms with Crippen LogP contribution >= 0.6 is 0 Å². The number of anilines is 1. The molecule has 3 nitrogen and oxygen atoms in total. The van der Waals surface area contributed by atoms with Crippen molar-refractivity contribution in [2.45, 2.75) is 6.43 Å². The molecule has 0 heterocycles. The highest BCUT2D eigenvalue weighted by Crippen LogP contribution is 2.20. The molecule has 0 saturated heterocycles. The standard InChI is InChI=1S/C12H12F3NO2/c1-16(7-11(14)15)10-4-2-8(6-9(10)13)3-5-12(17)18/h2-6,11H,7H2,1H3,(H,17,18)/b5-3+. The monoisotopic (exact) mass is 259 g/mol. The molecule has 0 amide bonds. The van der Waals surface area contributed by atoms with E-state index in [-0.39, 0.29) is 5.69 Å². The molecule has 98 valence electrons. The molecule has 18 heavy (non-hydrogen) atoms. The summed E-state index contributed by atoms with van der Waals surface area (Å²) in [5.74, 6) is -1.82. The maximum atomic E-state index is 13.6. The second-order valence-corrected chi connectivity index (χ2v) is 3.65. The molecule has 1 aromatic rings. The van der Waals surface area contributed by atoms with Crippen molar-refractivity contribution < 1.29 is 23.1 Å². The highest BCUT2D eigenvalue weighted by atomic mass is 19.3. The van der Waals surface area contributed by atoms with Gasteiger partial charge in [-0.15, -0.1) is 0 Å². The summed E-state index contributed by atoms with van der Waals surface area (Å²) in [6, 6.07) is 3.88. The lowest BCUT2D eigenvalue weighted by molar-refractivity contribution is -0.131. The maximum absolute atomic E-state index is 13.6. The number of benzene rings is 1. The van der Waals surface area contributed by atoms with E-state index in [0.717, 1.165) is 17.0 Å². The molecular formula is C12H12F3NO2. The van der Waals surface area contributed by atoms with Gasteiger partial charge in [0.05, 0.1) is 12.2 Å². The van der Waals surface area contributed by atoms with E-state index in [1.54, 1.807) is 0 Å². The van der Waals surface area contributed by atoms with Crippen LogP contribution in [0.3, 0.4) is 0 Å². The second kappa shape index (κ2) is 6.09. The molecule has 0 bridgehead atoms. The lowest BCUT2D eigenvalue weighted by Gasteiger charge is -2.19. The van der Waals surface area contributed by atoms with Gasteiger partial charge >= 0.3 is 5.97 Å². The summed E-state index contributed by atoms with van der Waals surface area (Å²) in [6.07, 6.45) is -0.458. The number of aliphatic carboxylic acids is 1. The number of carboxylic acids is 1. The van der Waals surface area contributed by atoms with Crippen molar-refractivity contribution in [3.63, 3.8) is 0 Å². The van der Waals surface area contributed by atoms with Crippen LogP contribution in [0, 0.1) is 5.82 Å². The molecule has 0 radical (unpaired) electrons. The molecule has 0 saturated carbocycles. The number of carboxylic acid groups (broad SMARTS) is 1. The Bertz CT molecular complexity index is 461. The SMILES string of the molecule is CN(CC(F)F)c1ccc(/C=C/C(=O)O)cc1F. The van der Waals surface area contributed by atoms with Gasteiger partial charge in [-0.05, 0) is 23.8 Å². The third-order valence-corrected chi connectivity index (χ3v) is 2.21. The Morgan fingerprint density at radius 1 is 1.50 bits per heavy atom. The fraction of sp³-hybridized carbons (Fsp3) is 0.250. The van der Waals surface area contributed by atoms with E-state index in [9.17, 15) is 18.0 Å². The Kier molecular flexibility index (Phi) is 4.76. The molecule has 0 spiro atoms. The Labute approximate surface area is 102 Å². The minimum atomic E-state index is -2.55. The molecule has 0 aliphatic carbocycles. The van der Waals surface area contributed by atoms with Gasteiger partial charge in [0.15, 0.2) is 0 Å².